The van der Waals surface area contributed by atoms with Gasteiger partial charge < -0.3 is 4.74 Å². The Bertz CT molecular complexity index is 1240. The van der Waals surface area contributed by atoms with Crippen LogP contribution < -0.4 is 4.90 Å². The lowest BCUT2D eigenvalue weighted by Crippen LogP contribution is -2.60. The maximum Gasteiger partial charge on any atom is 0.416 e. The van der Waals surface area contributed by atoms with Crippen LogP contribution in [-0.2, 0) is 24.1 Å². The molecule has 2 heterocycles. The number of aromatic nitrogens is 3. The number of carbonyl (C=O) groups is 2. The summed E-state index contributed by atoms with van der Waals surface area (Å²) in [5.74, 6) is -1.22. The van der Waals surface area contributed by atoms with E-state index in [4.69, 9.17) is 4.74 Å². The van der Waals surface area contributed by atoms with Gasteiger partial charge in [-0.25, -0.2) is 9.78 Å². The second-order valence-corrected chi connectivity index (χ2v) is 10.9. The second kappa shape index (κ2) is 10.3. The van der Waals surface area contributed by atoms with E-state index in [1.165, 1.54) is 18.1 Å². The first kappa shape index (κ1) is 29.7. The summed E-state index contributed by atoms with van der Waals surface area (Å²) >= 11 is 0. The largest absolute Gasteiger partial charge is 0.447 e. The lowest BCUT2D eigenvalue weighted by molar-refractivity contribution is -0.143. The zero-order chi connectivity index (χ0) is 29.8. The fourth-order valence-electron chi connectivity index (χ4n) is 5.68. The first-order valence-electron chi connectivity index (χ1n) is 13.0. The second-order valence-electron chi connectivity index (χ2n) is 10.9. The van der Waals surface area contributed by atoms with E-state index in [0.29, 0.717) is 25.0 Å². The van der Waals surface area contributed by atoms with Crippen LogP contribution in [0.2, 0.25) is 0 Å². The molecule has 1 aromatic carbocycles. The van der Waals surface area contributed by atoms with Crippen molar-refractivity contribution in [1.82, 2.24) is 19.7 Å². The van der Waals surface area contributed by atoms with Crippen LogP contribution in [0.15, 0.2) is 24.5 Å². The van der Waals surface area contributed by atoms with Gasteiger partial charge in [-0.3, -0.25) is 19.3 Å². The zero-order valence-electron chi connectivity index (χ0n) is 22.7. The van der Waals surface area contributed by atoms with Crippen molar-refractivity contribution in [3.63, 3.8) is 0 Å². The molecule has 1 aliphatic heterocycles. The maximum atomic E-state index is 13.9. The third-order valence-electron chi connectivity index (χ3n) is 7.62. The van der Waals surface area contributed by atoms with Crippen molar-refractivity contribution in [3.8, 4) is 0 Å². The minimum atomic E-state index is -5.12. The van der Waals surface area contributed by atoms with Gasteiger partial charge in [-0.2, -0.15) is 26.3 Å². The van der Waals surface area contributed by atoms with Gasteiger partial charge in [-0.05, 0) is 63.6 Å². The van der Waals surface area contributed by atoms with E-state index in [1.54, 1.807) is 18.7 Å². The number of hydrogen-bond acceptors (Lipinski definition) is 5. The third kappa shape index (κ3) is 5.62. The normalized spacial score (nSPS) is 24.9. The molecule has 220 valence electrons. The van der Waals surface area contributed by atoms with E-state index in [9.17, 15) is 35.9 Å². The smallest absolute Gasteiger partial charge is 0.416 e. The molecule has 0 bridgehead atoms. The predicted octanol–water partition coefficient (Wildman–Crippen LogP) is 6.07. The van der Waals surface area contributed by atoms with E-state index in [0.717, 1.165) is 4.90 Å². The minimum absolute atomic E-state index is 0.0209. The fraction of sp³-hybridized carbons (Fsp3) is 0.615. The first-order chi connectivity index (χ1) is 18.5. The number of ether oxygens (including phenoxy) is 1. The Hall–Kier alpha value is -3.32. The van der Waals surface area contributed by atoms with Crippen molar-refractivity contribution in [2.24, 2.45) is 13.0 Å². The quantitative estimate of drug-likeness (QED) is 0.405. The number of alkyl halides is 6. The summed E-state index contributed by atoms with van der Waals surface area (Å²) in [7, 11) is 1.52. The Balaban J connectivity index is 1.80. The first-order valence-corrected chi connectivity index (χ1v) is 13.0. The molecule has 40 heavy (non-hydrogen) atoms. The van der Waals surface area contributed by atoms with Crippen LogP contribution in [-0.4, -0.2) is 55.4 Å². The van der Waals surface area contributed by atoms with E-state index >= 15 is 0 Å². The molecule has 1 aromatic heterocycles. The average molecular weight is 576 g/mol. The van der Waals surface area contributed by atoms with Gasteiger partial charge in [0.1, 0.15) is 6.33 Å². The number of halogens is 6. The number of carbonyl (C=O) groups excluding carboxylic acids is 2. The van der Waals surface area contributed by atoms with Crippen molar-refractivity contribution in [3.05, 3.63) is 41.2 Å². The van der Waals surface area contributed by atoms with Crippen molar-refractivity contribution in [2.45, 2.75) is 89.5 Å². The molecule has 0 radical (unpaired) electrons. The molecule has 0 unspecified atom stereocenters. The molecule has 8 nitrogen and oxygen atoms in total. The van der Waals surface area contributed by atoms with E-state index in [-0.39, 0.29) is 36.9 Å². The van der Waals surface area contributed by atoms with Gasteiger partial charge in [0.25, 0.3) is 11.9 Å². The maximum absolute atomic E-state index is 13.9. The van der Waals surface area contributed by atoms with Crippen molar-refractivity contribution in [1.29, 1.82) is 0 Å². The highest BCUT2D eigenvalue weighted by molar-refractivity contribution is 6.06. The summed E-state index contributed by atoms with van der Waals surface area (Å²) in [5.41, 5.74) is -4.66. The molecule has 1 saturated carbocycles. The van der Waals surface area contributed by atoms with Crippen LogP contribution in [0.5, 0.6) is 0 Å². The monoisotopic (exact) mass is 575 g/mol. The Morgan fingerprint density at radius 3 is 2.10 bits per heavy atom. The molecule has 4 atom stereocenters. The summed E-state index contributed by atoms with van der Waals surface area (Å²) in [6.07, 6.45) is -8.30. The lowest BCUT2D eigenvalue weighted by Gasteiger charge is -2.48. The molecule has 2 aromatic rings. The van der Waals surface area contributed by atoms with Crippen LogP contribution in [0, 0.1) is 5.92 Å². The molecule has 0 N–H and O–H groups in total. The molecular weight excluding hydrogens is 544 g/mol. The molecule has 1 spiro atoms. The Kier molecular flexibility index (Phi) is 7.61. The number of benzene rings is 1. The molecule has 2 aliphatic rings. The van der Waals surface area contributed by atoms with Crippen LogP contribution in [0.3, 0.4) is 0 Å². The van der Waals surface area contributed by atoms with Gasteiger partial charge in [0, 0.05) is 24.7 Å². The zero-order valence-corrected chi connectivity index (χ0v) is 22.7. The van der Waals surface area contributed by atoms with Crippen LogP contribution >= 0.6 is 0 Å². The Labute approximate surface area is 227 Å². The van der Waals surface area contributed by atoms with E-state index in [1.807, 2.05) is 13.8 Å². The third-order valence-corrected chi connectivity index (χ3v) is 7.62. The van der Waals surface area contributed by atoms with Gasteiger partial charge in [-0.1, -0.05) is 13.8 Å². The highest BCUT2D eigenvalue weighted by Crippen LogP contribution is 2.56. The number of anilines is 1. The number of hydrogen-bond donors (Lipinski definition) is 0. The highest BCUT2D eigenvalue weighted by atomic mass is 19.4. The molecule has 4 rings (SSSR count). The highest BCUT2D eigenvalue weighted by Gasteiger charge is 2.63. The minimum Gasteiger partial charge on any atom is -0.447 e. The number of likely N-dealkylation sites (tertiary alicyclic amines) is 1. The number of aryl methyl sites for hydroxylation is 1. The number of nitrogens with zero attached hydrogens (tertiary/aromatic N) is 5. The number of amides is 2. The number of piperidine rings is 1. The lowest BCUT2D eigenvalue weighted by atomic mass is 9.86. The van der Waals surface area contributed by atoms with Gasteiger partial charge in [0.2, 0.25) is 0 Å². The molecular formula is C26H31F6N5O3. The standard InChI is InChI=1S/C26H31F6N5O3/c1-6-19-10-20(12-24(11-15(24)4)37(19)23(39)40-14(2)3)36(22-33-13-35(5)34-22)21(38)16-7-17(25(27,28)29)9-18(8-16)26(30,31)32/h7-9,13-15,19-20H,6,10-12H2,1-5H3/t15-,19-,20+,24+/m1/s1. The van der Waals surface area contributed by atoms with Crippen LogP contribution in [0.25, 0.3) is 0 Å². The van der Waals surface area contributed by atoms with E-state index in [2.05, 4.69) is 10.1 Å². The Morgan fingerprint density at radius 1 is 1.10 bits per heavy atom. The molecule has 14 heteroatoms. The van der Waals surface area contributed by atoms with Crippen molar-refractivity contribution < 1.29 is 40.7 Å². The van der Waals surface area contributed by atoms with Crippen molar-refractivity contribution in [2.75, 3.05) is 4.90 Å². The van der Waals surface area contributed by atoms with Crippen LogP contribution in [0.1, 0.15) is 74.9 Å². The average Bonchev–Trinajstić information content (AvgIpc) is 3.24. The predicted molar refractivity (Wildman–Crippen MR) is 131 cm³/mol. The van der Waals surface area contributed by atoms with Gasteiger partial charge >= 0.3 is 18.4 Å². The summed E-state index contributed by atoms with van der Waals surface area (Å²) in [6, 6.07) is -0.310. The number of rotatable bonds is 5. The SMILES string of the molecule is CC[C@@H]1C[C@H](N(C(=O)c2cc(C(F)(F)F)cc(C(F)(F)F)c2)c2ncn(C)n2)C[C@]2(C[C@H]2C)N1C(=O)OC(C)C. The van der Waals surface area contributed by atoms with Gasteiger partial charge in [0.05, 0.1) is 22.8 Å². The topological polar surface area (TPSA) is 80.6 Å². The Morgan fingerprint density at radius 2 is 1.68 bits per heavy atom. The van der Waals surface area contributed by atoms with Gasteiger partial charge in [0.15, 0.2) is 0 Å². The van der Waals surface area contributed by atoms with E-state index < -0.39 is 58.7 Å². The summed E-state index contributed by atoms with van der Waals surface area (Å²) in [5, 5.41) is 4.17. The fourth-order valence-corrected chi connectivity index (χ4v) is 5.68. The molecule has 2 amide bonds. The summed E-state index contributed by atoms with van der Waals surface area (Å²) in [6.45, 7) is 7.26. The van der Waals surface area contributed by atoms with Crippen molar-refractivity contribution >= 4 is 17.9 Å². The summed E-state index contributed by atoms with van der Waals surface area (Å²) in [4.78, 5) is 33.9. The summed E-state index contributed by atoms with van der Waals surface area (Å²) < 4.78 is 88.2. The van der Waals surface area contributed by atoms with Gasteiger partial charge in [-0.15, -0.1) is 5.10 Å². The molecule has 2 fully saturated rings. The molecule has 1 saturated heterocycles. The van der Waals surface area contributed by atoms with Crippen LogP contribution in [0.4, 0.5) is 37.1 Å². The molecule has 1 aliphatic carbocycles.